The van der Waals surface area contributed by atoms with Gasteiger partial charge in [0, 0.05) is 12.1 Å². The molecule has 2 rings (SSSR count). The van der Waals surface area contributed by atoms with Gasteiger partial charge in [-0.1, -0.05) is 23.7 Å². The lowest BCUT2D eigenvalue weighted by Gasteiger charge is -2.47. The third kappa shape index (κ3) is 2.58. The highest BCUT2D eigenvalue weighted by atomic mass is 35.5. The topological polar surface area (TPSA) is 29.3 Å². The maximum atomic E-state index is 6.30. The Kier molecular flexibility index (Phi) is 3.64. The summed E-state index contributed by atoms with van der Waals surface area (Å²) in [5, 5.41) is 0.832. The van der Waals surface area contributed by atoms with E-state index in [2.05, 4.69) is 24.8 Å². The number of para-hydroxylation sites is 1. The van der Waals surface area contributed by atoms with Gasteiger partial charge >= 0.3 is 0 Å². The van der Waals surface area contributed by atoms with Gasteiger partial charge in [0.25, 0.3) is 0 Å². The monoisotopic (exact) mass is 252 g/mol. The van der Waals surface area contributed by atoms with Crippen molar-refractivity contribution in [1.82, 2.24) is 0 Å². The summed E-state index contributed by atoms with van der Waals surface area (Å²) in [5.74, 6) is 0.583. The molecule has 0 saturated carbocycles. The van der Waals surface area contributed by atoms with Gasteiger partial charge in [0.1, 0.15) is 0 Å². The second kappa shape index (κ2) is 4.87. The fourth-order valence-electron chi connectivity index (χ4n) is 2.58. The fourth-order valence-corrected chi connectivity index (χ4v) is 2.81. The molecule has 1 aromatic carbocycles. The van der Waals surface area contributed by atoms with Crippen molar-refractivity contribution in [2.75, 3.05) is 18.0 Å². The van der Waals surface area contributed by atoms with Crippen molar-refractivity contribution in [3.05, 3.63) is 29.3 Å². The average Bonchev–Trinajstić information content (AvgIpc) is 2.30. The van der Waals surface area contributed by atoms with Crippen LogP contribution in [0.15, 0.2) is 24.3 Å². The van der Waals surface area contributed by atoms with Gasteiger partial charge in [-0.2, -0.15) is 0 Å². The Balaban J connectivity index is 2.30. The molecule has 94 valence electrons. The number of halogens is 1. The number of anilines is 1. The lowest BCUT2D eigenvalue weighted by atomic mass is 9.84. The number of benzene rings is 1. The molecule has 1 saturated heterocycles. The highest BCUT2D eigenvalue weighted by Crippen LogP contribution is 2.37. The predicted octanol–water partition coefficient (Wildman–Crippen LogP) is 3.29. The first-order valence-corrected chi connectivity index (χ1v) is 6.64. The largest absolute Gasteiger partial charge is 0.365 e. The highest BCUT2D eigenvalue weighted by Gasteiger charge is 2.34. The van der Waals surface area contributed by atoms with Gasteiger partial charge in [-0.15, -0.1) is 0 Å². The first kappa shape index (κ1) is 12.7. The molecule has 1 aromatic rings. The zero-order valence-corrected chi connectivity index (χ0v) is 11.4. The summed E-state index contributed by atoms with van der Waals surface area (Å²) in [6.45, 7) is 6.33. The van der Waals surface area contributed by atoms with Crippen molar-refractivity contribution in [1.29, 1.82) is 0 Å². The van der Waals surface area contributed by atoms with Crippen LogP contribution in [0.25, 0.3) is 0 Å². The average molecular weight is 253 g/mol. The van der Waals surface area contributed by atoms with Crippen molar-refractivity contribution in [3.8, 4) is 0 Å². The number of hydrogen-bond acceptors (Lipinski definition) is 2. The van der Waals surface area contributed by atoms with E-state index in [0.29, 0.717) is 5.92 Å². The van der Waals surface area contributed by atoms with E-state index >= 15 is 0 Å². The lowest BCUT2D eigenvalue weighted by Crippen LogP contribution is -2.52. The molecule has 0 aromatic heterocycles. The molecule has 0 radical (unpaired) electrons. The van der Waals surface area contributed by atoms with Gasteiger partial charge in [0.2, 0.25) is 0 Å². The Labute approximate surface area is 109 Å². The summed E-state index contributed by atoms with van der Waals surface area (Å²) in [6.07, 6.45) is 2.38. The summed E-state index contributed by atoms with van der Waals surface area (Å²) in [4.78, 5) is 2.41. The van der Waals surface area contributed by atoms with Gasteiger partial charge < -0.3 is 10.6 Å². The van der Waals surface area contributed by atoms with Gasteiger partial charge in [-0.05, 0) is 51.3 Å². The zero-order valence-electron chi connectivity index (χ0n) is 10.6. The van der Waals surface area contributed by atoms with Crippen molar-refractivity contribution in [2.45, 2.75) is 32.2 Å². The summed E-state index contributed by atoms with van der Waals surface area (Å²) in [7, 11) is 0. The molecule has 0 bridgehead atoms. The van der Waals surface area contributed by atoms with Crippen LogP contribution in [0.4, 0.5) is 5.69 Å². The summed E-state index contributed by atoms with van der Waals surface area (Å²) in [5.41, 5.74) is 7.11. The van der Waals surface area contributed by atoms with Crippen molar-refractivity contribution >= 4 is 17.3 Å². The van der Waals surface area contributed by atoms with Gasteiger partial charge in [0.15, 0.2) is 0 Å². The van der Waals surface area contributed by atoms with Gasteiger partial charge in [-0.25, -0.2) is 0 Å². The first-order chi connectivity index (χ1) is 8.04. The highest BCUT2D eigenvalue weighted by molar-refractivity contribution is 6.33. The van der Waals surface area contributed by atoms with Crippen LogP contribution in [0.3, 0.4) is 0 Å². The van der Waals surface area contributed by atoms with E-state index in [-0.39, 0.29) is 5.54 Å². The first-order valence-electron chi connectivity index (χ1n) is 6.27. The molecule has 1 fully saturated rings. The number of piperidine rings is 1. The molecule has 1 heterocycles. The van der Waals surface area contributed by atoms with Gasteiger partial charge in [-0.3, -0.25) is 0 Å². The maximum Gasteiger partial charge on any atom is 0.0639 e. The van der Waals surface area contributed by atoms with Gasteiger partial charge in [0.05, 0.1) is 10.7 Å². The van der Waals surface area contributed by atoms with Crippen LogP contribution in [0.5, 0.6) is 0 Å². The van der Waals surface area contributed by atoms with E-state index in [0.717, 1.165) is 23.8 Å². The molecule has 2 N–H and O–H groups in total. The Morgan fingerprint density at radius 1 is 1.41 bits per heavy atom. The third-order valence-corrected chi connectivity index (χ3v) is 4.13. The molecule has 17 heavy (non-hydrogen) atoms. The Hall–Kier alpha value is -0.730. The minimum absolute atomic E-state index is 0.163. The fraction of sp³-hybridized carbons (Fsp3) is 0.571. The van der Waals surface area contributed by atoms with E-state index in [9.17, 15) is 0 Å². The van der Waals surface area contributed by atoms with Crippen LogP contribution in [-0.2, 0) is 0 Å². The van der Waals surface area contributed by atoms with Crippen LogP contribution in [-0.4, -0.2) is 18.6 Å². The molecule has 0 spiro atoms. The molecule has 3 heteroatoms. The number of nitrogens with two attached hydrogens (primary N) is 1. The van der Waals surface area contributed by atoms with E-state index < -0.39 is 0 Å². The standard InChI is InChI=1S/C14H21ClN2/c1-14(2)8-7-11(9-16)10-17(14)13-6-4-3-5-12(13)15/h3-6,11H,7-10,16H2,1-2H3. The third-order valence-electron chi connectivity index (χ3n) is 3.81. The summed E-state index contributed by atoms with van der Waals surface area (Å²) < 4.78 is 0. The van der Waals surface area contributed by atoms with E-state index in [4.69, 9.17) is 17.3 Å². The number of nitrogens with zero attached hydrogens (tertiary/aromatic N) is 1. The predicted molar refractivity (Wildman–Crippen MR) is 74.7 cm³/mol. The van der Waals surface area contributed by atoms with Crippen molar-refractivity contribution < 1.29 is 0 Å². The summed E-state index contributed by atoms with van der Waals surface area (Å²) in [6, 6.07) is 8.08. The summed E-state index contributed by atoms with van der Waals surface area (Å²) >= 11 is 6.30. The van der Waals surface area contributed by atoms with Crippen LogP contribution in [0.2, 0.25) is 5.02 Å². The van der Waals surface area contributed by atoms with Crippen LogP contribution in [0.1, 0.15) is 26.7 Å². The van der Waals surface area contributed by atoms with E-state index in [1.165, 1.54) is 12.8 Å². The molecular weight excluding hydrogens is 232 g/mol. The second-order valence-corrected chi connectivity index (χ2v) is 5.92. The maximum absolute atomic E-state index is 6.30. The second-order valence-electron chi connectivity index (χ2n) is 5.51. The molecule has 1 aliphatic rings. The molecule has 1 aliphatic heterocycles. The number of rotatable bonds is 2. The minimum atomic E-state index is 0.163. The Morgan fingerprint density at radius 2 is 2.12 bits per heavy atom. The zero-order chi connectivity index (χ0) is 12.5. The smallest absolute Gasteiger partial charge is 0.0639 e. The van der Waals surface area contributed by atoms with Crippen LogP contribution >= 0.6 is 11.6 Å². The van der Waals surface area contributed by atoms with E-state index in [1.807, 2.05) is 18.2 Å². The van der Waals surface area contributed by atoms with Crippen molar-refractivity contribution in [3.63, 3.8) is 0 Å². The molecule has 1 atom stereocenters. The number of hydrogen-bond donors (Lipinski definition) is 1. The van der Waals surface area contributed by atoms with E-state index in [1.54, 1.807) is 0 Å². The Bertz CT molecular complexity index is 390. The van der Waals surface area contributed by atoms with Crippen molar-refractivity contribution in [2.24, 2.45) is 11.7 Å². The molecule has 0 aliphatic carbocycles. The molecule has 1 unspecified atom stereocenters. The molecule has 0 amide bonds. The molecule has 2 nitrogen and oxygen atoms in total. The molecular formula is C14H21ClN2. The van der Waals surface area contributed by atoms with Crippen LogP contribution < -0.4 is 10.6 Å². The SMILES string of the molecule is CC1(C)CCC(CN)CN1c1ccccc1Cl. The normalized spacial score (nSPS) is 23.8. The lowest BCUT2D eigenvalue weighted by molar-refractivity contribution is 0.295. The van der Waals surface area contributed by atoms with Crippen LogP contribution in [0, 0.1) is 5.92 Å². The quantitative estimate of drug-likeness (QED) is 0.875. The Morgan fingerprint density at radius 3 is 2.76 bits per heavy atom. The minimum Gasteiger partial charge on any atom is -0.365 e.